The van der Waals surface area contributed by atoms with Crippen LogP contribution in [-0.2, 0) is 12.7 Å². The molecule has 0 saturated carbocycles. The third-order valence-electron chi connectivity index (χ3n) is 3.35. The zero-order chi connectivity index (χ0) is 16.6. The number of halogens is 4. The minimum absolute atomic E-state index is 0.0655. The second-order valence-electron chi connectivity index (χ2n) is 4.96. The first kappa shape index (κ1) is 16.0. The molecule has 3 aromatic rings. The van der Waals surface area contributed by atoms with E-state index in [0.29, 0.717) is 11.3 Å². The van der Waals surface area contributed by atoms with Crippen molar-refractivity contribution in [3.8, 4) is 0 Å². The third kappa shape index (κ3) is 3.25. The normalized spacial score (nSPS) is 11.9. The van der Waals surface area contributed by atoms with Gasteiger partial charge >= 0.3 is 6.18 Å². The molecule has 3 rings (SSSR count). The van der Waals surface area contributed by atoms with Gasteiger partial charge in [-0.2, -0.15) is 18.2 Å². The number of alkyl halides is 3. The van der Waals surface area contributed by atoms with E-state index in [0.717, 1.165) is 10.8 Å². The summed E-state index contributed by atoms with van der Waals surface area (Å²) in [7, 11) is 1.69. The number of nitrogens with zero attached hydrogens (tertiary/aromatic N) is 3. The minimum atomic E-state index is -4.39. The molecule has 23 heavy (non-hydrogen) atoms. The van der Waals surface area contributed by atoms with Crippen molar-refractivity contribution in [2.24, 2.45) is 0 Å². The van der Waals surface area contributed by atoms with Crippen molar-refractivity contribution in [2.75, 3.05) is 11.9 Å². The molecule has 2 heterocycles. The van der Waals surface area contributed by atoms with Gasteiger partial charge in [0.05, 0.1) is 15.8 Å². The predicted molar refractivity (Wildman–Crippen MR) is 86.0 cm³/mol. The first-order chi connectivity index (χ1) is 10.9. The van der Waals surface area contributed by atoms with Gasteiger partial charge in [0.1, 0.15) is 0 Å². The summed E-state index contributed by atoms with van der Waals surface area (Å²) in [6.07, 6.45) is -4.39. The average Bonchev–Trinajstić information content (AvgIpc) is 2.93. The molecule has 0 spiro atoms. The van der Waals surface area contributed by atoms with Gasteiger partial charge in [-0.15, -0.1) is 11.3 Å². The number of hydrogen-bond donors (Lipinski definition) is 0. The van der Waals surface area contributed by atoms with Crippen LogP contribution in [0.25, 0.3) is 10.2 Å². The van der Waals surface area contributed by atoms with E-state index < -0.39 is 11.7 Å². The van der Waals surface area contributed by atoms with Gasteiger partial charge < -0.3 is 4.90 Å². The maximum atomic E-state index is 13.1. The number of benzene rings is 1. The predicted octanol–water partition coefficient (Wildman–Crippen LogP) is 5.00. The number of anilines is 1. The zero-order valence-corrected chi connectivity index (χ0v) is 13.5. The van der Waals surface area contributed by atoms with E-state index in [2.05, 4.69) is 9.97 Å². The first-order valence-electron chi connectivity index (χ1n) is 6.63. The lowest BCUT2D eigenvalue weighted by Gasteiger charge is -2.21. The van der Waals surface area contributed by atoms with Gasteiger partial charge in [0.15, 0.2) is 5.82 Å². The van der Waals surface area contributed by atoms with Crippen LogP contribution in [0.5, 0.6) is 0 Å². The number of fused-ring (bicyclic) bond motifs is 1. The second kappa shape index (κ2) is 5.98. The van der Waals surface area contributed by atoms with Gasteiger partial charge in [-0.3, -0.25) is 0 Å². The monoisotopic (exact) mass is 357 g/mol. The van der Waals surface area contributed by atoms with Crippen molar-refractivity contribution in [3.05, 3.63) is 52.1 Å². The standard InChI is InChI=1S/C15H11ClF3N3S/c1-22(8-9-4-2-3-5-10(9)15(17,18)19)13-12-11(6-7-23-12)20-14(16)21-13/h2-7H,8H2,1H3. The summed E-state index contributed by atoms with van der Waals surface area (Å²) in [4.78, 5) is 9.92. The molecule has 0 fully saturated rings. The molecule has 0 atom stereocenters. The summed E-state index contributed by atoms with van der Waals surface area (Å²) in [5, 5.41) is 1.92. The first-order valence-corrected chi connectivity index (χ1v) is 7.89. The van der Waals surface area contributed by atoms with Crippen LogP contribution in [0, 0.1) is 0 Å². The van der Waals surface area contributed by atoms with E-state index in [4.69, 9.17) is 11.6 Å². The van der Waals surface area contributed by atoms with E-state index in [1.54, 1.807) is 24.1 Å². The lowest BCUT2D eigenvalue weighted by atomic mass is 10.1. The van der Waals surface area contributed by atoms with Crippen LogP contribution in [0.1, 0.15) is 11.1 Å². The number of thiophene rings is 1. The van der Waals surface area contributed by atoms with Crippen LogP contribution in [0.2, 0.25) is 5.28 Å². The van der Waals surface area contributed by atoms with E-state index in [-0.39, 0.29) is 17.4 Å². The Labute approximate surface area is 139 Å². The molecule has 8 heteroatoms. The lowest BCUT2D eigenvalue weighted by Crippen LogP contribution is -2.21. The summed E-state index contributed by atoms with van der Waals surface area (Å²) in [5.74, 6) is 0.520. The molecule has 1 aromatic carbocycles. The fourth-order valence-corrected chi connectivity index (χ4v) is 3.39. The average molecular weight is 358 g/mol. The van der Waals surface area contributed by atoms with Crippen LogP contribution in [-0.4, -0.2) is 17.0 Å². The molecular formula is C15H11ClF3N3S. The van der Waals surface area contributed by atoms with Crippen LogP contribution >= 0.6 is 22.9 Å². The van der Waals surface area contributed by atoms with Crippen molar-refractivity contribution < 1.29 is 13.2 Å². The highest BCUT2D eigenvalue weighted by Crippen LogP contribution is 2.34. The minimum Gasteiger partial charge on any atom is -0.354 e. The van der Waals surface area contributed by atoms with Crippen LogP contribution in [0.15, 0.2) is 35.7 Å². The molecule has 0 amide bonds. The quantitative estimate of drug-likeness (QED) is 0.618. The summed E-state index contributed by atoms with van der Waals surface area (Å²) >= 11 is 7.33. The van der Waals surface area contributed by atoms with Crippen molar-refractivity contribution >= 4 is 39.0 Å². The van der Waals surface area contributed by atoms with Crippen molar-refractivity contribution in [2.45, 2.75) is 12.7 Å². The number of rotatable bonds is 3. The topological polar surface area (TPSA) is 29.0 Å². The molecule has 0 aliphatic carbocycles. The molecule has 0 radical (unpaired) electrons. The third-order valence-corrected chi connectivity index (χ3v) is 4.42. The van der Waals surface area contributed by atoms with Gasteiger partial charge in [-0.1, -0.05) is 18.2 Å². The van der Waals surface area contributed by atoms with E-state index in [1.165, 1.54) is 23.5 Å². The molecule has 0 unspecified atom stereocenters. The Kier molecular flexibility index (Phi) is 4.16. The van der Waals surface area contributed by atoms with Gasteiger partial charge in [0.25, 0.3) is 0 Å². The fourth-order valence-electron chi connectivity index (χ4n) is 2.34. The summed E-state index contributed by atoms with van der Waals surface area (Å²) in [6.45, 7) is 0.0655. The van der Waals surface area contributed by atoms with Gasteiger partial charge in [0.2, 0.25) is 5.28 Å². The molecule has 2 aromatic heterocycles. The Balaban J connectivity index is 1.99. The molecule has 0 aliphatic heterocycles. The Morgan fingerprint density at radius 2 is 1.91 bits per heavy atom. The summed E-state index contributed by atoms with van der Waals surface area (Å²) in [5.41, 5.74) is 0.220. The highest BCUT2D eigenvalue weighted by molar-refractivity contribution is 7.17. The van der Waals surface area contributed by atoms with Gasteiger partial charge in [-0.25, -0.2) is 4.98 Å². The van der Waals surface area contributed by atoms with E-state index in [1.807, 2.05) is 5.38 Å². The molecule has 0 aliphatic rings. The molecular weight excluding hydrogens is 347 g/mol. The van der Waals surface area contributed by atoms with Crippen LogP contribution in [0.4, 0.5) is 19.0 Å². The molecule has 0 bridgehead atoms. The Hall–Kier alpha value is -1.86. The highest BCUT2D eigenvalue weighted by Gasteiger charge is 2.33. The maximum absolute atomic E-state index is 13.1. The van der Waals surface area contributed by atoms with Gasteiger partial charge in [0, 0.05) is 13.6 Å². The largest absolute Gasteiger partial charge is 0.416 e. The van der Waals surface area contributed by atoms with Crippen molar-refractivity contribution in [3.63, 3.8) is 0 Å². The van der Waals surface area contributed by atoms with Crippen LogP contribution < -0.4 is 4.90 Å². The highest BCUT2D eigenvalue weighted by atomic mass is 35.5. The fraction of sp³-hybridized carbons (Fsp3) is 0.200. The summed E-state index contributed by atoms with van der Waals surface area (Å²) in [6, 6.07) is 7.32. The van der Waals surface area contributed by atoms with E-state index in [9.17, 15) is 13.2 Å². The number of hydrogen-bond acceptors (Lipinski definition) is 4. The molecule has 0 N–H and O–H groups in total. The lowest BCUT2D eigenvalue weighted by molar-refractivity contribution is -0.138. The SMILES string of the molecule is CN(Cc1ccccc1C(F)(F)F)c1nc(Cl)nc2ccsc12. The maximum Gasteiger partial charge on any atom is 0.416 e. The Morgan fingerprint density at radius 3 is 2.65 bits per heavy atom. The van der Waals surface area contributed by atoms with Crippen LogP contribution in [0.3, 0.4) is 0 Å². The second-order valence-corrected chi connectivity index (χ2v) is 6.22. The van der Waals surface area contributed by atoms with Gasteiger partial charge in [-0.05, 0) is 34.7 Å². The van der Waals surface area contributed by atoms with Crippen molar-refractivity contribution in [1.29, 1.82) is 0 Å². The Bertz CT molecular complexity index is 847. The Morgan fingerprint density at radius 1 is 1.17 bits per heavy atom. The smallest absolute Gasteiger partial charge is 0.354 e. The van der Waals surface area contributed by atoms with E-state index >= 15 is 0 Å². The zero-order valence-electron chi connectivity index (χ0n) is 11.9. The molecule has 3 nitrogen and oxygen atoms in total. The molecule has 0 saturated heterocycles. The van der Waals surface area contributed by atoms with Crippen molar-refractivity contribution in [1.82, 2.24) is 9.97 Å². The number of aromatic nitrogens is 2. The molecule has 120 valence electrons. The summed E-state index contributed by atoms with van der Waals surface area (Å²) < 4.78 is 40.1.